The third-order valence-electron chi connectivity index (χ3n) is 3.71. The van der Waals surface area contributed by atoms with Gasteiger partial charge in [0.05, 0.1) is 22.8 Å². The van der Waals surface area contributed by atoms with E-state index in [1.807, 2.05) is 25.2 Å². The number of carbonyl (C=O) groups excluding carboxylic acids is 1. The lowest BCUT2D eigenvalue weighted by molar-refractivity contribution is -0.124. The van der Waals surface area contributed by atoms with E-state index in [9.17, 15) is 4.79 Å². The molecule has 0 saturated carbocycles. The molecule has 4 nitrogen and oxygen atoms in total. The molecular weight excluding hydrogens is 274 g/mol. The van der Waals surface area contributed by atoms with Crippen molar-refractivity contribution in [3.8, 4) is 0 Å². The summed E-state index contributed by atoms with van der Waals surface area (Å²) in [5.74, 6) is 0.154. The molecule has 1 aliphatic carbocycles. The number of amides is 1. The van der Waals surface area contributed by atoms with Crippen molar-refractivity contribution in [3.63, 3.8) is 0 Å². The number of nitrogens with zero attached hydrogens (tertiary/aromatic N) is 2. The molecular formula is C15H16ClN3O. The first-order chi connectivity index (χ1) is 9.66. The van der Waals surface area contributed by atoms with Crippen LogP contribution in [0.5, 0.6) is 0 Å². The minimum Gasteiger partial charge on any atom is -0.350 e. The van der Waals surface area contributed by atoms with Crippen LogP contribution in [0.3, 0.4) is 0 Å². The Bertz CT molecular complexity index is 682. The largest absolute Gasteiger partial charge is 0.350 e. The fourth-order valence-electron chi connectivity index (χ4n) is 2.62. The van der Waals surface area contributed by atoms with E-state index < -0.39 is 0 Å². The minimum atomic E-state index is 0.0699. The van der Waals surface area contributed by atoms with Crippen LogP contribution in [0.15, 0.2) is 30.4 Å². The van der Waals surface area contributed by atoms with Gasteiger partial charge in [-0.25, -0.2) is 0 Å². The monoisotopic (exact) mass is 289 g/mol. The predicted octanol–water partition coefficient (Wildman–Crippen LogP) is 2.81. The molecule has 0 spiro atoms. The summed E-state index contributed by atoms with van der Waals surface area (Å²) >= 11 is 6.24. The van der Waals surface area contributed by atoms with Gasteiger partial charge in [-0.2, -0.15) is 5.10 Å². The second-order valence-electron chi connectivity index (χ2n) is 5.06. The number of halogens is 1. The van der Waals surface area contributed by atoms with E-state index in [0.717, 1.165) is 29.4 Å². The fraction of sp³-hybridized carbons (Fsp3) is 0.333. The number of nitrogens with one attached hydrogen (secondary N) is 1. The zero-order valence-electron chi connectivity index (χ0n) is 11.3. The van der Waals surface area contributed by atoms with Gasteiger partial charge in [0.15, 0.2) is 0 Å². The van der Waals surface area contributed by atoms with Gasteiger partial charge >= 0.3 is 0 Å². The summed E-state index contributed by atoms with van der Waals surface area (Å²) in [6.07, 6.45) is 5.76. The lowest BCUT2D eigenvalue weighted by Gasteiger charge is -2.09. The second kappa shape index (κ2) is 5.29. The molecule has 1 aliphatic rings. The van der Waals surface area contributed by atoms with Crippen LogP contribution in [-0.4, -0.2) is 15.7 Å². The van der Waals surface area contributed by atoms with Crippen molar-refractivity contribution in [2.45, 2.75) is 19.4 Å². The van der Waals surface area contributed by atoms with Crippen LogP contribution in [0.4, 0.5) is 0 Å². The Morgan fingerprint density at radius 1 is 1.45 bits per heavy atom. The smallest absolute Gasteiger partial charge is 0.224 e. The molecule has 1 aromatic carbocycles. The van der Waals surface area contributed by atoms with Crippen molar-refractivity contribution in [1.29, 1.82) is 0 Å². The van der Waals surface area contributed by atoms with Gasteiger partial charge in [-0.1, -0.05) is 29.8 Å². The van der Waals surface area contributed by atoms with Crippen molar-refractivity contribution < 1.29 is 4.79 Å². The third kappa shape index (κ3) is 2.31. The van der Waals surface area contributed by atoms with Crippen LogP contribution >= 0.6 is 11.6 Å². The average Bonchev–Trinajstić information content (AvgIpc) is 3.06. The lowest BCUT2D eigenvalue weighted by atomic mass is 10.1. The summed E-state index contributed by atoms with van der Waals surface area (Å²) in [6, 6.07) is 5.72. The molecule has 0 atom stereocenters. The molecule has 0 radical (unpaired) electrons. The first-order valence-electron chi connectivity index (χ1n) is 6.69. The zero-order valence-corrected chi connectivity index (χ0v) is 12.0. The number of hydrogen-bond acceptors (Lipinski definition) is 2. The van der Waals surface area contributed by atoms with Gasteiger partial charge in [-0.05, 0) is 25.0 Å². The summed E-state index contributed by atoms with van der Waals surface area (Å²) in [6.45, 7) is 0.413. The Labute approximate surface area is 122 Å². The summed E-state index contributed by atoms with van der Waals surface area (Å²) in [4.78, 5) is 12.0. The SMILES string of the molecule is Cn1nc(CNC(=O)C2CC=CC2)c2c(Cl)cccc21. The second-order valence-corrected chi connectivity index (χ2v) is 5.47. The number of rotatable bonds is 3. The van der Waals surface area contributed by atoms with Crippen molar-refractivity contribution >= 4 is 28.4 Å². The quantitative estimate of drug-likeness (QED) is 0.883. The Morgan fingerprint density at radius 2 is 2.20 bits per heavy atom. The maximum atomic E-state index is 12.0. The summed E-state index contributed by atoms with van der Waals surface area (Å²) < 4.78 is 1.79. The molecule has 0 saturated heterocycles. The van der Waals surface area contributed by atoms with Crippen molar-refractivity contribution in [1.82, 2.24) is 15.1 Å². The van der Waals surface area contributed by atoms with E-state index in [1.54, 1.807) is 4.68 Å². The average molecular weight is 290 g/mol. The maximum Gasteiger partial charge on any atom is 0.224 e. The third-order valence-corrected chi connectivity index (χ3v) is 4.02. The standard InChI is InChI=1S/C15H16ClN3O/c1-19-13-8-4-7-11(16)14(13)12(18-19)9-17-15(20)10-5-2-3-6-10/h2-4,7-8,10H,5-6,9H2,1H3,(H,17,20). The molecule has 20 heavy (non-hydrogen) atoms. The topological polar surface area (TPSA) is 46.9 Å². The number of aromatic nitrogens is 2. The van der Waals surface area contributed by atoms with Crippen LogP contribution in [0, 0.1) is 5.92 Å². The summed E-state index contributed by atoms with van der Waals surface area (Å²) in [5.41, 5.74) is 1.79. The van der Waals surface area contributed by atoms with Gasteiger partial charge in [-0.15, -0.1) is 0 Å². The maximum absolute atomic E-state index is 12.0. The molecule has 5 heteroatoms. The Kier molecular flexibility index (Phi) is 3.49. The highest BCUT2D eigenvalue weighted by Gasteiger charge is 2.20. The van der Waals surface area contributed by atoms with E-state index in [1.165, 1.54) is 0 Å². The molecule has 1 N–H and O–H groups in total. The van der Waals surface area contributed by atoms with Gasteiger partial charge in [0, 0.05) is 18.4 Å². The minimum absolute atomic E-state index is 0.0699. The lowest BCUT2D eigenvalue weighted by Crippen LogP contribution is -2.29. The van der Waals surface area contributed by atoms with Gasteiger partial charge in [0.2, 0.25) is 5.91 Å². The molecule has 2 aromatic rings. The highest BCUT2D eigenvalue weighted by molar-refractivity contribution is 6.35. The van der Waals surface area contributed by atoms with E-state index in [2.05, 4.69) is 22.6 Å². The molecule has 1 amide bonds. The van der Waals surface area contributed by atoms with Crippen LogP contribution in [-0.2, 0) is 18.4 Å². The molecule has 0 aliphatic heterocycles. The van der Waals surface area contributed by atoms with Gasteiger partial charge in [-0.3, -0.25) is 9.48 Å². The van der Waals surface area contributed by atoms with E-state index in [0.29, 0.717) is 11.6 Å². The van der Waals surface area contributed by atoms with Crippen LogP contribution in [0.2, 0.25) is 5.02 Å². The van der Waals surface area contributed by atoms with Gasteiger partial charge in [0.1, 0.15) is 0 Å². The molecule has 1 aromatic heterocycles. The van der Waals surface area contributed by atoms with Crippen LogP contribution < -0.4 is 5.32 Å². The Hall–Kier alpha value is -1.81. The summed E-state index contributed by atoms with van der Waals surface area (Å²) in [7, 11) is 1.88. The van der Waals surface area contributed by atoms with Gasteiger partial charge < -0.3 is 5.32 Å². The Morgan fingerprint density at radius 3 is 2.95 bits per heavy atom. The fourth-order valence-corrected chi connectivity index (χ4v) is 2.90. The molecule has 3 rings (SSSR count). The molecule has 0 fully saturated rings. The highest BCUT2D eigenvalue weighted by atomic mass is 35.5. The number of allylic oxidation sites excluding steroid dienone is 2. The predicted molar refractivity (Wildman–Crippen MR) is 79.4 cm³/mol. The van der Waals surface area contributed by atoms with E-state index in [4.69, 9.17) is 11.6 Å². The van der Waals surface area contributed by atoms with Gasteiger partial charge in [0.25, 0.3) is 0 Å². The first kappa shape index (κ1) is 13.2. The molecule has 0 unspecified atom stereocenters. The normalized spacial score (nSPS) is 15.1. The van der Waals surface area contributed by atoms with Crippen molar-refractivity contribution in [2.75, 3.05) is 0 Å². The molecule has 1 heterocycles. The number of aryl methyl sites for hydroxylation is 1. The van der Waals surface area contributed by atoms with E-state index in [-0.39, 0.29) is 11.8 Å². The molecule has 0 bridgehead atoms. The van der Waals surface area contributed by atoms with Crippen LogP contribution in [0.25, 0.3) is 10.9 Å². The van der Waals surface area contributed by atoms with E-state index >= 15 is 0 Å². The first-order valence-corrected chi connectivity index (χ1v) is 7.07. The van der Waals surface area contributed by atoms with Crippen LogP contribution in [0.1, 0.15) is 18.5 Å². The summed E-state index contributed by atoms with van der Waals surface area (Å²) in [5, 5.41) is 9.00. The number of benzene rings is 1. The van der Waals surface area contributed by atoms with Crippen molar-refractivity contribution in [2.24, 2.45) is 13.0 Å². The van der Waals surface area contributed by atoms with Crippen molar-refractivity contribution in [3.05, 3.63) is 41.1 Å². The number of carbonyl (C=O) groups is 1. The zero-order chi connectivity index (χ0) is 14.1. The number of fused-ring (bicyclic) bond motifs is 1. The highest BCUT2D eigenvalue weighted by Crippen LogP contribution is 2.26. The Balaban J connectivity index is 1.79. The number of hydrogen-bond donors (Lipinski definition) is 1. The molecule has 104 valence electrons.